The van der Waals surface area contributed by atoms with Crippen molar-refractivity contribution in [2.75, 3.05) is 26.3 Å². The van der Waals surface area contributed by atoms with Gasteiger partial charge in [-0.15, -0.1) is 0 Å². The van der Waals surface area contributed by atoms with Crippen molar-refractivity contribution in [3.05, 3.63) is 24.3 Å². The second-order valence-electron chi connectivity index (χ2n) is 7.17. The molecule has 0 aromatic heterocycles. The molecule has 8 nitrogen and oxygen atoms in total. The van der Waals surface area contributed by atoms with E-state index in [0.29, 0.717) is 24.3 Å². The van der Waals surface area contributed by atoms with Gasteiger partial charge in [-0.1, -0.05) is 26.0 Å². The van der Waals surface area contributed by atoms with Gasteiger partial charge in [-0.25, -0.2) is 14.4 Å². The minimum Gasteiger partial charge on any atom is -0.461 e. The average Bonchev–Trinajstić information content (AvgIpc) is 2.65. The van der Waals surface area contributed by atoms with Crippen LogP contribution in [0, 0.1) is 0 Å². The van der Waals surface area contributed by atoms with Gasteiger partial charge in [0, 0.05) is 23.7 Å². The lowest BCUT2D eigenvalue weighted by Gasteiger charge is -2.14. The van der Waals surface area contributed by atoms with Crippen LogP contribution in [0.4, 0.5) is 4.79 Å². The van der Waals surface area contributed by atoms with E-state index in [1.54, 1.807) is 20.8 Å². The van der Waals surface area contributed by atoms with E-state index in [0.717, 1.165) is 32.2 Å². The van der Waals surface area contributed by atoms with Gasteiger partial charge in [-0.2, -0.15) is 0 Å². The molecule has 0 aliphatic heterocycles. The van der Waals surface area contributed by atoms with Gasteiger partial charge in [-0.3, -0.25) is 0 Å². The highest BCUT2D eigenvalue weighted by molar-refractivity contribution is 5.87. The minimum absolute atomic E-state index is 0.00304. The van der Waals surface area contributed by atoms with Crippen molar-refractivity contribution in [1.82, 2.24) is 10.6 Å². The van der Waals surface area contributed by atoms with Gasteiger partial charge in [0.05, 0.1) is 0 Å². The first-order valence-corrected chi connectivity index (χ1v) is 9.96. The zero-order valence-electron chi connectivity index (χ0n) is 18.2. The maximum Gasteiger partial charge on any atom is 0.407 e. The lowest BCUT2D eigenvalue weighted by Crippen LogP contribution is -2.32. The van der Waals surface area contributed by atoms with Crippen LogP contribution in [0.5, 0.6) is 0 Å². The molecule has 0 rings (SSSR count). The lowest BCUT2D eigenvalue weighted by atomic mass is 10.2. The molecule has 0 aliphatic carbocycles. The number of ether oxygens (including phenoxy) is 3. The smallest absolute Gasteiger partial charge is 0.407 e. The van der Waals surface area contributed by atoms with E-state index >= 15 is 0 Å². The van der Waals surface area contributed by atoms with E-state index in [4.69, 9.17) is 14.2 Å². The molecule has 8 heteroatoms. The minimum atomic E-state index is -0.527. The van der Waals surface area contributed by atoms with E-state index in [1.165, 1.54) is 0 Å². The Morgan fingerprint density at radius 3 is 1.90 bits per heavy atom. The van der Waals surface area contributed by atoms with Crippen LogP contribution in [0.1, 0.15) is 53.4 Å². The van der Waals surface area contributed by atoms with Crippen LogP contribution in [-0.4, -0.2) is 56.5 Å². The van der Waals surface area contributed by atoms with Gasteiger partial charge in [0.2, 0.25) is 0 Å². The van der Waals surface area contributed by atoms with Crippen molar-refractivity contribution in [2.24, 2.45) is 0 Å². The van der Waals surface area contributed by atoms with Crippen LogP contribution < -0.4 is 10.6 Å². The second-order valence-corrected chi connectivity index (χ2v) is 7.17. The Morgan fingerprint density at radius 1 is 0.828 bits per heavy atom. The normalized spacial score (nSPS) is 12.4. The predicted octanol–water partition coefficient (Wildman–Crippen LogP) is 2.88. The molecule has 2 atom stereocenters. The topological polar surface area (TPSA) is 103 Å². The molecule has 2 N–H and O–H groups in total. The molecule has 0 aromatic carbocycles. The maximum atomic E-state index is 11.7. The van der Waals surface area contributed by atoms with Gasteiger partial charge in [0.25, 0.3) is 0 Å². The summed E-state index contributed by atoms with van der Waals surface area (Å²) in [4.78, 5) is 34.2. The number of carbonyl (C=O) groups is 3. The Balaban J connectivity index is 3.59. The fourth-order valence-corrected chi connectivity index (χ4v) is 2.10. The molecule has 2 unspecified atom stereocenters. The molecule has 0 aliphatic rings. The van der Waals surface area contributed by atoms with Crippen LogP contribution in [0.3, 0.4) is 0 Å². The molecular formula is C21H36N2O6. The maximum absolute atomic E-state index is 11.7. The molecule has 0 spiro atoms. The summed E-state index contributed by atoms with van der Waals surface area (Å²) in [5.41, 5.74) is 0.702. The summed E-state index contributed by atoms with van der Waals surface area (Å²) in [7, 11) is 0. The highest BCUT2D eigenvalue weighted by Gasteiger charge is 2.12. The van der Waals surface area contributed by atoms with E-state index in [9.17, 15) is 14.4 Å². The quantitative estimate of drug-likeness (QED) is 0.184. The molecule has 0 bridgehead atoms. The van der Waals surface area contributed by atoms with Crippen molar-refractivity contribution >= 4 is 18.0 Å². The number of nitrogens with one attached hydrogen (secondary N) is 2. The summed E-state index contributed by atoms with van der Waals surface area (Å²) < 4.78 is 15.1. The van der Waals surface area contributed by atoms with Gasteiger partial charge in [0.15, 0.2) is 0 Å². The zero-order valence-corrected chi connectivity index (χ0v) is 18.2. The second kappa shape index (κ2) is 15.6. The van der Waals surface area contributed by atoms with Crippen molar-refractivity contribution in [1.29, 1.82) is 0 Å². The first kappa shape index (κ1) is 26.6. The van der Waals surface area contributed by atoms with Gasteiger partial charge in [0.1, 0.15) is 19.3 Å². The number of rotatable bonds is 15. The average molecular weight is 413 g/mol. The number of alkyl carbamates (subject to hydrolysis) is 1. The van der Waals surface area contributed by atoms with Crippen LogP contribution >= 0.6 is 0 Å². The van der Waals surface area contributed by atoms with Crippen molar-refractivity contribution < 1.29 is 28.6 Å². The standard InChI is InChI=1S/C21H36N2O6/c1-15(2)19(24)27-13-17(5)22-11-9-7-8-10-12-23-21(26)29-18(6)14-28-20(25)16(3)4/h17-18,22H,1,3,7-14H2,2,4-6H3,(H,23,26). The molecule has 0 radical (unpaired) electrons. The fourth-order valence-electron chi connectivity index (χ4n) is 2.10. The van der Waals surface area contributed by atoms with E-state index in [2.05, 4.69) is 23.8 Å². The SMILES string of the molecule is C=C(C)C(=O)OCC(C)NCCCCCCNC(=O)OC(C)COC(=O)C(=C)C. The van der Waals surface area contributed by atoms with Gasteiger partial charge >= 0.3 is 18.0 Å². The first-order valence-electron chi connectivity index (χ1n) is 9.96. The van der Waals surface area contributed by atoms with E-state index in [-0.39, 0.29) is 18.6 Å². The summed E-state index contributed by atoms with van der Waals surface area (Å²) in [6, 6.07) is 0.0893. The van der Waals surface area contributed by atoms with E-state index < -0.39 is 18.2 Å². The summed E-state index contributed by atoms with van der Waals surface area (Å²) in [5.74, 6) is -0.871. The summed E-state index contributed by atoms with van der Waals surface area (Å²) in [6.07, 6.45) is 2.79. The molecule has 1 amide bonds. The molecule has 0 saturated heterocycles. The van der Waals surface area contributed by atoms with Crippen molar-refractivity contribution in [2.45, 2.75) is 65.5 Å². The largest absolute Gasteiger partial charge is 0.461 e. The summed E-state index contributed by atoms with van der Waals surface area (Å²) >= 11 is 0. The number of amides is 1. The van der Waals surface area contributed by atoms with E-state index in [1.807, 2.05) is 6.92 Å². The molecule has 166 valence electrons. The van der Waals surface area contributed by atoms with Gasteiger partial charge in [-0.05, 0) is 47.1 Å². The van der Waals surface area contributed by atoms with Crippen molar-refractivity contribution in [3.63, 3.8) is 0 Å². The fraction of sp³-hybridized carbons (Fsp3) is 0.667. The third-order valence-electron chi connectivity index (χ3n) is 3.78. The molecule has 0 heterocycles. The van der Waals surface area contributed by atoms with Crippen LogP contribution in [0.15, 0.2) is 24.3 Å². The Bertz CT molecular complexity index is 561. The molecular weight excluding hydrogens is 376 g/mol. The van der Waals surface area contributed by atoms with Crippen LogP contribution in [0.25, 0.3) is 0 Å². The Labute approximate surface area is 174 Å². The highest BCUT2D eigenvalue weighted by atomic mass is 16.6. The molecule has 29 heavy (non-hydrogen) atoms. The monoisotopic (exact) mass is 412 g/mol. The molecule has 0 saturated carbocycles. The third-order valence-corrected chi connectivity index (χ3v) is 3.78. The Hall–Kier alpha value is -2.35. The predicted molar refractivity (Wildman–Crippen MR) is 111 cm³/mol. The lowest BCUT2D eigenvalue weighted by molar-refractivity contribution is -0.141. The van der Waals surface area contributed by atoms with Crippen LogP contribution in [0.2, 0.25) is 0 Å². The van der Waals surface area contributed by atoms with Crippen molar-refractivity contribution in [3.8, 4) is 0 Å². The van der Waals surface area contributed by atoms with Crippen LogP contribution in [-0.2, 0) is 23.8 Å². The highest BCUT2D eigenvalue weighted by Crippen LogP contribution is 2.01. The number of hydrogen-bond donors (Lipinski definition) is 2. The third kappa shape index (κ3) is 15.3. The number of hydrogen-bond acceptors (Lipinski definition) is 7. The Kier molecular flexibility index (Phi) is 14.3. The Morgan fingerprint density at radius 2 is 1.34 bits per heavy atom. The summed E-state index contributed by atoms with van der Waals surface area (Å²) in [6.45, 7) is 15.5. The molecule has 0 aromatic rings. The first-order chi connectivity index (χ1) is 13.6. The zero-order chi connectivity index (χ0) is 22.2. The summed E-state index contributed by atoms with van der Waals surface area (Å²) in [5, 5.41) is 5.98. The number of unbranched alkanes of at least 4 members (excludes halogenated alkanes) is 3. The molecule has 0 fully saturated rings. The number of esters is 2. The van der Waals surface area contributed by atoms with Gasteiger partial charge < -0.3 is 24.8 Å². The number of carbonyl (C=O) groups excluding carboxylic acids is 3.